The first-order valence-electron chi connectivity index (χ1n) is 5.60. The Balaban J connectivity index is 2.87. The smallest absolute Gasteiger partial charge is 0.335 e. The molecule has 1 rings (SSSR count). The number of aromatic nitrogens is 1. The van der Waals surface area contributed by atoms with E-state index < -0.39 is 5.97 Å². The molecule has 0 saturated heterocycles. The molecule has 0 aliphatic heterocycles. The molecule has 0 bridgehead atoms. The predicted octanol–water partition coefficient (Wildman–Crippen LogP) is 1.61. The van der Waals surface area contributed by atoms with Gasteiger partial charge in [-0.1, -0.05) is 0 Å². The van der Waals surface area contributed by atoms with Crippen molar-refractivity contribution in [1.82, 2.24) is 4.98 Å². The van der Waals surface area contributed by atoms with Crippen LogP contribution in [0.2, 0.25) is 0 Å². The predicted molar refractivity (Wildman–Crippen MR) is 73.4 cm³/mol. The second kappa shape index (κ2) is 6.61. The Labute approximate surface area is 111 Å². The number of hydrogen-bond acceptors (Lipinski definition) is 5. The summed E-state index contributed by atoms with van der Waals surface area (Å²) in [6, 6.07) is 3.03. The summed E-state index contributed by atoms with van der Waals surface area (Å²) in [4.78, 5) is 15.2. The lowest BCUT2D eigenvalue weighted by molar-refractivity contribution is 0.0696. The van der Waals surface area contributed by atoms with E-state index in [0.29, 0.717) is 11.5 Å². The van der Waals surface area contributed by atoms with Gasteiger partial charge in [0.05, 0.1) is 12.2 Å². The number of aromatic carboxylic acids is 1. The number of rotatable bonds is 6. The number of carboxylic acids is 1. The Bertz CT molecular complexity index is 422. The van der Waals surface area contributed by atoms with Crippen molar-refractivity contribution >= 4 is 23.5 Å². The fraction of sp³-hybridized carbons (Fsp3) is 0.500. The Morgan fingerprint density at radius 2 is 2.22 bits per heavy atom. The summed E-state index contributed by atoms with van der Waals surface area (Å²) in [5.41, 5.74) is 0.858. The number of thioether (sulfide) groups is 1. The minimum atomic E-state index is -0.972. The van der Waals surface area contributed by atoms with Crippen LogP contribution in [0.4, 0.5) is 5.82 Å². The van der Waals surface area contributed by atoms with Gasteiger partial charge in [0.1, 0.15) is 5.82 Å². The third kappa shape index (κ3) is 3.89. The molecular formula is C12H18N2O3S. The van der Waals surface area contributed by atoms with Crippen molar-refractivity contribution in [3.8, 4) is 0 Å². The van der Waals surface area contributed by atoms with Crippen LogP contribution < -0.4 is 5.32 Å². The standard InChI is InChI=1S/C12H18N2O3S/c1-7-4-9(12(16)17)5-11(13-7)14-8(2)10(6-15)18-3/h4-5,8,10,15H,6H2,1-3H3,(H,13,14)(H,16,17). The van der Waals surface area contributed by atoms with E-state index in [9.17, 15) is 9.90 Å². The van der Waals surface area contributed by atoms with Crippen molar-refractivity contribution in [2.45, 2.75) is 25.1 Å². The number of carbonyl (C=O) groups is 1. The van der Waals surface area contributed by atoms with Gasteiger partial charge in [-0.25, -0.2) is 9.78 Å². The van der Waals surface area contributed by atoms with Gasteiger partial charge in [0.2, 0.25) is 0 Å². The number of nitrogens with one attached hydrogen (secondary N) is 1. The maximum Gasteiger partial charge on any atom is 0.335 e. The van der Waals surface area contributed by atoms with E-state index in [-0.39, 0.29) is 23.5 Å². The molecule has 0 spiro atoms. The van der Waals surface area contributed by atoms with Crippen molar-refractivity contribution in [3.05, 3.63) is 23.4 Å². The molecule has 0 radical (unpaired) electrons. The van der Waals surface area contributed by atoms with E-state index in [1.165, 1.54) is 12.1 Å². The summed E-state index contributed by atoms with van der Waals surface area (Å²) in [6.07, 6.45) is 1.92. The van der Waals surface area contributed by atoms with Crippen LogP contribution in [0, 0.1) is 6.92 Å². The lowest BCUT2D eigenvalue weighted by Gasteiger charge is -2.22. The number of aliphatic hydroxyl groups excluding tert-OH is 1. The minimum Gasteiger partial charge on any atom is -0.478 e. The summed E-state index contributed by atoms with van der Waals surface area (Å²) in [6.45, 7) is 3.75. The van der Waals surface area contributed by atoms with Crippen LogP contribution in [-0.2, 0) is 0 Å². The fourth-order valence-corrected chi connectivity index (χ4v) is 2.25. The van der Waals surface area contributed by atoms with E-state index >= 15 is 0 Å². The molecule has 6 heteroatoms. The summed E-state index contributed by atoms with van der Waals surface area (Å²) < 4.78 is 0. The maximum absolute atomic E-state index is 10.9. The second-order valence-electron chi connectivity index (χ2n) is 4.08. The van der Waals surface area contributed by atoms with Crippen LogP contribution in [0.1, 0.15) is 23.0 Å². The summed E-state index contributed by atoms with van der Waals surface area (Å²) >= 11 is 1.56. The summed E-state index contributed by atoms with van der Waals surface area (Å²) in [7, 11) is 0. The van der Waals surface area contributed by atoms with Gasteiger partial charge in [0.25, 0.3) is 0 Å². The molecule has 0 fully saturated rings. The SMILES string of the molecule is CSC(CO)C(C)Nc1cc(C(=O)O)cc(C)n1. The Morgan fingerprint density at radius 1 is 1.56 bits per heavy atom. The number of hydrogen-bond donors (Lipinski definition) is 3. The first-order chi connectivity index (χ1) is 8.47. The van der Waals surface area contributed by atoms with Gasteiger partial charge in [0, 0.05) is 17.0 Å². The average molecular weight is 270 g/mol. The molecule has 1 aromatic heterocycles. The number of carboxylic acid groups (broad SMARTS) is 1. The lowest BCUT2D eigenvalue weighted by atomic mass is 10.2. The monoisotopic (exact) mass is 270 g/mol. The van der Waals surface area contributed by atoms with Gasteiger partial charge < -0.3 is 15.5 Å². The van der Waals surface area contributed by atoms with Gasteiger partial charge in [-0.3, -0.25) is 0 Å². The molecule has 2 atom stereocenters. The number of nitrogens with zero attached hydrogens (tertiary/aromatic N) is 1. The van der Waals surface area contributed by atoms with Crippen LogP contribution in [-0.4, -0.2) is 45.3 Å². The van der Waals surface area contributed by atoms with Gasteiger partial charge >= 0.3 is 5.97 Å². The van der Waals surface area contributed by atoms with Crippen molar-refractivity contribution < 1.29 is 15.0 Å². The topological polar surface area (TPSA) is 82.5 Å². The van der Waals surface area contributed by atoms with Crippen molar-refractivity contribution in [1.29, 1.82) is 0 Å². The lowest BCUT2D eigenvalue weighted by Crippen LogP contribution is -2.31. The average Bonchev–Trinajstić information content (AvgIpc) is 2.29. The maximum atomic E-state index is 10.9. The number of pyridine rings is 1. The third-order valence-corrected chi connectivity index (χ3v) is 3.78. The first kappa shape index (κ1) is 14.8. The molecule has 0 amide bonds. The molecule has 100 valence electrons. The number of aliphatic hydroxyl groups is 1. The molecule has 18 heavy (non-hydrogen) atoms. The third-order valence-electron chi connectivity index (χ3n) is 2.62. The van der Waals surface area contributed by atoms with Crippen LogP contribution in [0.25, 0.3) is 0 Å². The van der Waals surface area contributed by atoms with E-state index in [1.807, 2.05) is 13.2 Å². The van der Waals surface area contributed by atoms with Crippen LogP contribution in [0.3, 0.4) is 0 Å². The van der Waals surface area contributed by atoms with Crippen molar-refractivity contribution in [2.24, 2.45) is 0 Å². The first-order valence-corrected chi connectivity index (χ1v) is 6.89. The Hall–Kier alpha value is -1.27. The molecule has 0 aliphatic rings. The normalized spacial score (nSPS) is 14.0. The molecule has 3 N–H and O–H groups in total. The Kier molecular flexibility index (Phi) is 5.43. The van der Waals surface area contributed by atoms with Gasteiger partial charge in [-0.05, 0) is 32.2 Å². The zero-order valence-corrected chi connectivity index (χ0v) is 11.5. The van der Waals surface area contributed by atoms with Crippen molar-refractivity contribution in [2.75, 3.05) is 18.2 Å². The van der Waals surface area contributed by atoms with E-state index in [2.05, 4.69) is 10.3 Å². The highest BCUT2D eigenvalue weighted by Gasteiger charge is 2.16. The summed E-state index contributed by atoms with van der Waals surface area (Å²) in [5.74, 6) is -0.452. The highest BCUT2D eigenvalue weighted by Crippen LogP contribution is 2.16. The molecule has 0 aliphatic carbocycles. The molecule has 2 unspecified atom stereocenters. The Morgan fingerprint density at radius 3 is 2.72 bits per heavy atom. The van der Waals surface area contributed by atoms with E-state index in [0.717, 1.165) is 0 Å². The van der Waals surface area contributed by atoms with Gasteiger partial charge in [0.15, 0.2) is 0 Å². The molecular weight excluding hydrogens is 252 g/mol. The largest absolute Gasteiger partial charge is 0.478 e. The number of aryl methyl sites for hydroxylation is 1. The second-order valence-corrected chi connectivity index (χ2v) is 5.15. The molecule has 5 nitrogen and oxygen atoms in total. The van der Waals surface area contributed by atoms with Gasteiger partial charge in [-0.15, -0.1) is 0 Å². The molecule has 1 aromatic rings. The summed E-state index contributed by atoms with van der Waals surface area (Å²) in [5, 5.41) is 21.3. The zero-order chi connectivity index (χ0) is 13.7. The quantitative estimate of drug-likeness (QED) is 0.728. The minimum absolute atomic E-state index is 0.000875. The molecule has 1 heterocycles. The van der Waals surface area contributed by atoms with Crippen LogP contribution >= 0.6 is 11.8 Å². The van der Waals surface area contributed by atoms with Crippen LogP contribution in [0.5, 0.6) is 0 Å². The zero-order valence-electron chi connectivity index (χ0n) is 10.7. The molecule has 0 aromatic carbocycles. The van der Waals surface area contributed by atoms with E-state index in [4.69, 9.17) is 5.11 Å². The van der Waals surface area contributed by atoms with Crippen molar-refractivity contribution in [3.63, 3.8) is 0 Å². The highest BCUT2D eigenvalue weighted by molar-refractivity contribution is 7.99. The molecule has 0 saturated carbocycles. The fourth-order valence-electron chi connectivity index (χ4n) is 1.63. The van der Waals surface area contributed by atoms with E-state index in [1.54, 1.807) is 18.7 Å². The van der Waals surface area contributed by atoms with Gasteiger partial charge in [-0.2, -0.15) is 11.8 Å². The van der Waals surface area contributed by atoms with Crippen LogP contribution in [0.15, 0.2) is 12.1 Å². The number of anilines is 1. The highest BCUT2D eigenvalue weighted by atomic mass is 32.2.